The van der Waals surface area contributed by atoms with E-state index in [0.29, 0.717) is 4.83 Å². The largest absolute Gasteiger partial charge is 0.0838 e. The minimum absolute atomic E-state index is 0.429. The molecule has 0 aliphatic carbocycles. The smallest absolute Gasteiger partial charge is 0.0404 e. The van der Waals surface area contributed by atoms with E-state index in [1.165, 1.54) is 20.1 Å². The van der Waals surface area contributed by atoms with Gasteiger partial charge in [-0.2, -0.15) is 0 Å². The van der Waals surface area contributed by atoms with Crippen LogP contribution >= 0.6 is 47.8 Å². The molecule has 0 saturated heterocycles. The van der Waals surface area contributed by atoms with E-state index in [-0.39, 0.29) is 0 Å². The van der Waals surface area contributed by atoms with Crippen molar-refractivity contribution in [2.24, 2.45) is 0 Å². The van der Waals surface area contributed by atoms with E-state index in [1.54, 1.807) is 0 Å². The molecule has 0 aliphatic heterocycles. The lowest BCUT2D eigenvalue weighted by atomic mass is 10.1. The summed E-state index contributed by atoms with van der Waals surface area (Å²) in [6, 6.07) is 4.31. The lowest BCUT2D eigenvalue weighted by molar-refractivity contribution is 0.904. The Balaban J connectivity index is 3.15. The SMILES string of the molecule is CCC(Br)c1cc(Br)c(C)cc1Br. The van der Waals surface area contributed by atoms with Gasteiger partial charge in [-0.3, -0.25) is 0 Å². The lowest BCUT2D eigenvalue weighted by Crippen LogP contribution is -1.91. The van der Waals surface area contributed by atoms with Crippen LogP contribution in [0.4, 0.5) is 0 Å². The van der Waals surface area contributed by atoms with E-state index in [4.69, 9.17) is 0 Å². The van der Waals surface area contributed by atoms with Crippen LogP contribution < -0.4 is 0 Å². The maximum Gasteiger partial charge on any atom is 0.0404 e. The van der Waals surface area contributed by atoms with Crippen LogP contribution in [-0.2, 0) is 0 Å². The van der Waals surface area contributed by atoms with Gasteiger partial charge in [0.1, 0.15) is 0 Å². The third kappa shape index (κ3) is 2.80. The second-order valence-corrected chi connectivity index (χ2v) is 5.81. The number of aryl methyl sites for hydroxylation is 1. The Morgan fingerprint density at radius 2 is 1.85 bits per heavy atom. The summed E-state index contributed by atoms with van der Waals surface area (Å²) >= 11 is 10.8. The molecule has 1 unspecified atom stereocenters. The number of benzene rings is 1. The number of rotatable bonds is 2. The van der Waals surface area contributed by atoms with Gasteiger partial charge in [0, 0.05) is 13.8 Å². The van der Waals surface area contributed by atoms with Gasteiger partial charge < -0.3 is 0 Å². The van der Waals surface area contributed by atoms with Gasteiger partial charge in [0.2, 0.25) is 0 Å². The van der Waals surface area contributed by atoms with Crippen LogP contribution in [0.15, 0.2) is 21.1 Å². The molecule has 1 rings (SSSR count). The fraction of sp³-hybridized carbons (Fsp3) is 0.400. The third-order valence-electron chi connectivity index (χ3n) is 1.97. The molecule has 1 aromatic carbocycles. The van der Waals surface area contributed by atoms with Gasteiger partial charge in [-0.05, 0) is 36.6 Å². The maximum atomic E-state index is 3.64. The maximum absolute atomic E-state index is 3.64. The first-order valence-corrected chi connectivity index (χ1v) is 6.66. The Morgan fingerprint density at radius 1 is 1.23 bits per heavy atom. The first-order valence-electron chi connectivity index (χ1n) is 4.15. The van der Waals surface area contributed by atoms with Gasteiger partial charge in [0.05, 0.1) is 0 Å². The van der Waals surface area contributed by atoms with Crippen molar-refractivity contribution in [3.05, 3.63) is 32.2 Å². The molecule has 13 heavy (non-hydrogen) atoms. The lowest BCUT2D eigenvalue weighted by Gasteiger charge is -2.11. The number of halogens is 3. The van der Waals surface area contributed by atoms with Gasteiger partial charge in [-0.1, -0.05) is 54.7 Å². The molecule has 0 spiro atoms. The summed E-state index contributed by atoms with van der Waals surface area (Å²) in [5, 5.41) is 0. The van der Waals surface area contributed by atoms with Gasteiger partial charge in [0.15, 0.2) is 0 Å². The molecular formula is C10H11Br3. The quantitative estimate of drug-likeness (QED) is 0.614. The van der Waals surface area contributed by atoms with Crippen LogP contribution in [0.5, 0.6) is 0 Å². The van der Waals surface area contributed by atoms with Crippen molar-refractivity contribution in [2.75, 3.05) is 0 Å². The van der Waals surface area contributed by atoms with E-state index in [9.17, 15) is 0 Å². The van der Waals surface area contributed by atoms with Crippen molar-refractivity contribution in [3.8, 4) is 0 Å². The summed E-state index contributed by atoms with van der Waals surface area (Å²) in [5.41, 5.74) is 2.56. The van der Waals surface area contributed by atoms with Gasteiger partial charge in [-0.15, -0.1) is 0 Å². The topological polar surface area (TPSA) is 0 Å². The molecule has 0 bridgehead atoms. The van der Waals surface area contributed by atoms with E-state index >= 15 is 0 Å². The predicted octanol–water partition coefficient (Wildman–Crippen LogP) is 5.37. The Labute approximate surface area is 104 Å². The van der Waals surface area contributed by atoms with Crippen molar-refractivity contribution in [3.63, 3.8) is 0 Å². The molecule has 1 aromatic rings. The number of hydrogen-bond donors (Lipinski definition) is 0. The molecule has 0 heterocycles. The molecule has 72 valence electrons. The van der Waals surface area contributed by atoms with Gasteiger partial charge in [-0.25, -0.2) is 0 Å². The molecule has 0 saturated carbocycles. The highest BCUT2D eigenvalue weighted by atomic mass is 79.9. The first-order chi connectivity index (χ1) is 6.06. The zero-order valence-corrected chi connectivity index (χ0v) is 12.3. The minimum atomic E-state index is 0.429. The zero-order chi connectivity index (χ0) is 10.0. The van der Waals surface area contributed by atoms with Crippen molar-refractivity contribution in [2.45, 2.75) is 25.1 Å². The van der Waals surface area contributed by atoms with Crippen molar-refractivity contribution < 1.29 is 0 Å². The minimum Gasteiger partial charge on any atom is -0.0838 e. The highest BCUT2D eigenvalue weighted by Crippen LogP contribution is 2.35. The van der Waals surface area contributed by atoms with Crippen molar-refractivity contribution >= 4 is 47.8 Å². The summed E-state index contributed by atoms with van der Waals surface area (Å²) in [7, 11) is 0. The Kier molecular flexibility index (Phi) is 4.46. The van der Waals surface area contributed by atoms with Crippen molar-refractivity contribution in [1.29, 1.82) is 0 Å². The van der Waals surface area contributed by atoms with Crippen LogP contribution in [0.2, 0.25) is 0 Å². The van der Waals surface area contributed by atoms with Crippen molar-refractivity contribution in [1.82, 2.24) is 0 Å². The first kappa shape index (κ1) is 11.7. The molecule has 0 radical (unpaired) electrons. The monoisotopic (exact) mass is 368 g/mol. The average Bonchev–Trinajstić information content (AvgIpc) is 2.10. The fourth-order valence-electron chi connectivity index (χ4n) is 1.12. The molecule has 0 fully saturated rings. The third-order valence-corrected chi connectivity index (χ3v) is 4.66. The zero-order valence-electron chi connectivity index (χ0n) is 7.57. The second-order valence-electron chi connectivity index (χ2n) is 3.00. The predicted molar refractivity (Wildman–Crippen MR) is 68.5 cm³/mol. The highest BCUT2D eigenvalue weighted by molar-refractivity contribution is 9.11. The molecular weight excluding hydrogens is 360 g/mol. The van der Waals surface area contributed by atoms with E-state index in [0.717, 1.165) is 6.42 Å². The summed E-state index contributed by atoms with van der Waals surface area (Å²) < 4.78 is 2.35. The molecule has 0 aromatic heterocycles. The normalized spacial score (nSPS) is 13.0. The average molecular weight is 371 g/mol. The van der Waals surface area contributed by atoms with Crippen LogP contribution in [0.3, 0.4) is 0 Å². The van der Waals surface area contributed by atoms with Crippen LogP contribution in [0.25, 0.3) is 0 Å². The Hall–Kier alpha value is 0.660. The van der Waals surface area contributed by atoms with E-state index in [1.807, 2.05) is 0 Å². The Morgan fingerprint density at radius 3 is 2.38 bits per heavy atom. The summed E-state index contributed by atoms with van der Waals surface area (Å²) in [4.78, 5) is 0.429. The molecule has 1 atom stereocenters. The van der Waals surface area contributed by atoms with E-state index < -0.39 is 0 Å². The molecule has 3 heteroatoms. The second kappa shape index (κ2) is 4.94. The van der Waals surface area contributed by atoms with Gasteiger partial charge >= 0.3 is 0 Å². The number of hydrogen-bond acceptors (Lipinski definition) is 0. The summed E-state index contributed by atoms with van der Waals surface area (Å²) in [6.45, 7) is 4.26. The van der Waals surface area contributed by atoms with Crippen LogP contribution in [0, 0.1) is 6.92 Å². The van der Waals surface area contributed by atoms with E-state index in [2.05, 4.69) is 73.8 Å². The standard InChI is InChI=1S/C10H11Br3/c1-3-8(11)7-5-9(12)6(2)4-10(7)13/h4-5,8H,3H2,1-2H3. The highest BCUT2D eigenvalue weighted by Gasteiger charge is 2.10. The Bertz CT molecular complexity index is 307. The van der Waals surface area contributed by atoms with Crippen LogP contribution in [-0.4, -0.2) is 0 Å². The molecule has 0 N–H and O–H groups in total. The summed E-state index contributed by atoms with van der Waals surface area (Å²) in [6.07, 6.45) is 1.09. The van der Waals surface area contributed by atoms with Crippen LogP contribution in [0.1, 0.15) is 29.3 Å². The number of alkyl halides is 1. The molecule has 0 nitrogen and oxygen atoms in total. The van der Waals surface area contributed by atoms with Gasteiger partial charge in [0.25, 0.3) is 0 Å². The molecule has 0 amide bonds. The molecule has 0 aliphatic rings. The summed E-state index contributed by atoms with van der Waals surface area (Å²) in [5.74, 6) is 0. The fourth-order valence-corrected chi connectivity index (χ4v) is 2.90.